The van der Waals surface area contributed by atoms with E-state index in [-0.39, 0.29) is 23.1 Å². The molecule has 0 bridgehead atoms. The van der Waals surface area contributed by atoms with E-state index in [2.05, 4.69) is 25.5 Å². The summed E-state index contributed by atoms with van der Waals surface area (Å²) >= 11 is 1.08. The SMILES string of the molecule is CCON=C(C(=O)OC)c1csc(NC(=O)[C@H](C)NC(=O)OC(C)(C)C)n1. The van der Waals surface area contributed by atoms with Crippen molar-refractivity contribution in [1.82, 2.24) is 10.3 Å². The summed E-state index contributed by atoms with van der Waals surface area (Å²) in [5, 5.41) is 10.4. The van der Waals surface area contributed by atoms with Crippen LogP contribution in [-0.4, -0.2) is 54.0 Å². The summed E-state index contributed by atoms with van der Waals surface area (Å²) in [5.74, 6) is -1.21. The van der Waals surface area contributed by atoms with Gasteiger partial charge in [0.1, 0.15) is 23.9 Å². The molecule has 1 heterocycles. The third-order valence-corrected chi connectivity index (χ3v) is 3.52. The lowest BCUT2D eigenvalue weighted by atomic mass is 10.2. The number of oxime groups is 1. The van der Waals surface area contributed by atoms with Crippen LogP contribution in [0.4, 0.5) is 9.93 Å². The lowest BCUT2D eigenvalue weighted by molar-refractivity contribution is -0.132. The Balaban J connectivity index is 2.76. The molecule has 1 atom stereocenters. The van der Waals surface area contributed by atoms with Gasteiger partial charge in [-0.2, -0.15) is 0 Å². The topological polar surface area (TPSA) is 128 Å². The predicted octanol–water partition coefficient (Wildman–Crippen LogP) is 1.91. The fourth-order valence-corrected chi connectivity index (χ4v) is 2.32. The number of alkyl carbamates (subject to hydrolysis) is 1. The fraction of sp³-hybridized carbons (Fsp3) is 0.562. The van der Waals surface area contributed by atoms with Crippen LogP contribution >= 0.6 is 11.3 Å². The van der Waals surface area contributed by atoms with Gasteiger partial charge in [0.2, 0.25) is 11.6 Å². The van der Waals surface area contributed by atoms with Gasteiger partial charge in [0, 0.05) is 5.38 Å². The minimum absolute atomic E-state index is 0.115. The number of esters is 1. The van der Waals surface area contributed by atoms with E-state index in [9.17, 15) is 14.4 Å². The minimum Gasteiger partial charge on any atom is -0.464 e. The molecule has 0 fully saturated rings. The Bertz CT molecular complexity index is 710. The summed E-state index contributed by atoms with van der Waals surface area (Å²) in [6.07, 6.45) is -0.707. The van der Waals surface area contributed by atoms with Gasteiger partial charge in [-0.25, -0.2) is 14.6 Å². The zero-order valence-corrected chi connectivity index (χ0v) is 16.9. The van der Waals surface area contributed by atoms with Crippen LogP contribution in [0.1, 0.15) is 40.3 Å². The summed E-state index contributed by atoms with van der Waals surface area (Å²) in [4.78, 5) is 44.7. The first kappa shape index (κ1) is 22.4. The minimum atomic E-state index is -0.857. The number of ether oxygens (including phenoxy) is 2. The monoisotopic (exact) mass is 400 g/mol. The summed E-state index contributed by atoms with van der Waals surface area (Å²) < 4.78 is 9.74. The number of carbonyl (C=O) groups is 3. The normalized spacial score (nSPS) is 12.7. The van der Waals surface area contributed by atoms with Gasteiger partial charge in [0.15, 0.2) is 5.13 Å². The Morgan fingerprint density at radius 2 is 2.00 bits per heavy atom. The highest BCUT2D eigenvalue weighted by atomic mass is 32.1. The van der Waals surface area contributed by atoms with Gasteiger partial charge in [0.25, 0.3) is 0 Å². The number of anilines is 1. The smallest absolute Gasteiger partial charge is 0.408 e. The second kappa shape index (κ2) is 9.86. The van der Waals surface area contributed by atoms with E-state index in [1.807, 2.05) is 0 Å². The molecule has 0 unspecified atom stereocenters. The van der Waals surface area contributed by atoms with E-state index >= 15 is 0 Å². The third-order valence-electron chi connectivity index (χ3n) is 2.77. The van der Waals surface area contributed by atoms with E-state index in [0.717, 1.165) is 11.3 Å². The van der Waals surface area contributed by atoms with Gasteiger partial charge >= 0.3 is 12.1 Å². The number of hydrogen-bond acceptors (Lipinski definition) is 9. The molecule has 0 saturated heterocycles. The molecule has 1 aromatic heterocycles. The van der Waals surface area contributed by atoms with E-state index < -0.39 is 29.6 Å². The van der Waals surface area contributed by atoms with Crippen LogP contribution in [0.15, 0.2) is 10.5 Å². The van der Waals surface area contributed by atoms with Crippen molar-refractivity contribution in [2.45, 2.75) is 46.3 Å². The van der Waals surface area contributed by atoms with E-state index in [0.29, 0.717) is 0 Å². The van der Waals surface area contributed by atoms with Gasteiger partial charge in [-0.15, -0.1) is 11.3 Å². The molecular weight excluding hydrogens is 376 g/mol. The number of thiazole rings is 1. The number of hydrogen-bond donors (Lipinski definition) is 2. The highest BCUT2D eigenvalue weighted by Gasteiger charge is 2.23. The van der Waals surface area contributed by atoms with Gasteiger partial charge in [-0.05, 0) is 34.6 Å². The maximum absolute atomic E-state index is 12.2. The van der Waals surface area contributed by atoms with E-state index in [1.165, 1.54) is 19.4 Å². The molecule has 1 rings (SSSR count). The molecule has 0 saturated carbocycles. The molecule has 1 aromatic rings. The fourth-order valence-electron chi connectivity index (χ4n) is 1.62. The average Bonchev–Trinajstić information content (AvgIpc) is 3.01. The van der Waals surface area contributed by atoms with Crippen LogP contribution in [-0.2, 0) is 23.9 Å². The van der Waals surface area contributed by atoms with Crippen molar-refractivity contribution in [1.29, 1.82) is 0 Å². The van der Waals surface area contributed by atoms with Gasteiger partial charge < -0.3 is 24.9 Å². The van der Waals surface area contributed by atoms with Crippen molar-refractivity contribution in [2.75, 3.05) is 19.0 Å². The van der Waals surface area contributed by atoms with E-state index in [1.54, 1.807) is 27.7 Å². The zero-order chi connectivity index (χ0) is 20.6. The van der Waals surface area contributed by atoms with Crippen LogP contribution in [0.3, 0.4) is 0 Å². The predicted molar refractivity (Wildman–Crippen MR) is 99.8 cm³/mol. The Kier molecular flexibility index (Phi) is 8.16. The molecule has 11 heteroatoms. The van der Waals surface area contributed by atoms with Crippen molar-refractivity contribution in [3.63, 3.8) is 0 Å². The summed E-state index contributed by atoms with van der Waals surface area (Å²) in [6, 6.07) is -0.857. The lowest BCUT2D eigenvalue weighted by Crippen LogP contribution is -2.43. The molecule has 0 aromatic carbocycles. The Morgan fingerprint density at radius 3 is 2.56 bits per heavy atom. The van der Waals surface area contributed by atoms with Crippen molar-refractivity contribution >= 4 is 40.1 Å². The number of aromatic nitrogens is 1. The van der Waals surface area contributed by atoms with Gasteiger partial charge in [-0.1, -0.05) is 5.16 Å². The van der Waals surface area contributed by atoms with Crippen LogP contribution in [0.2, 0.25) is 0 Å². The standard InChI is InChI=1S/C16H24N4O6S/c1-7-25-20-11(13(22)24-6)10-8-27-14(18-10)19-12(21)9(2)17-15(23)26-16(3,4)5/h8-9H,7H2,1-6H3,(H,17,23)(H,18,19,21)/t9-/m0/s1. The highest BCUT2D eigenvalue weighted by molar-refractivity contribution is 7.14. The first-order chi connectivity index (χ1) is 12.6. The number of carbonyl (C=O) groups excluding carboxylic acids is 3. The van der Waals surface area contributed by atoms with E-state index in [4.69, 9.17) is 9.57 Å². The first-order valence-electron chi connectivity index (χ1n) is 8.12. The summed E-state index contributed by atoms with van der Waals surface area (Å²) in [7, 11) is 1.21. The molecule has 0 spiro atoms. The van der Waals surface area contributed by atoms with Crippen molar-refractivity contribution in [3.05, 3.63) is 11.1 Å². The summed E-state index contributed by atoms with van der Waals surface area (Å²) in [5.41, 5.74) is -0.589. The number of amides is 2. The van der Waals surface area contributed by atoms with Crippen LogP contribution < -0.4 is 10.6 Å². The summed E-state index contributed by atoms with van der Waals surface area (Å²) in [6.45, 7) is 8.64. The Morgan fingerprint density at radius 1 is 1.33 bits per heavy atom. The molecular formula is C16H24N4O6S. The number of nitrogens with zero attached hydrogens (tertiary/aromatic N) is 2. The highest BCUT2D eigenvalue weighted by Crippen LogP contribution is 2.17. The molecule has 27 heavy (non-hydrogen) atoms. The quantitative estimate of drug-likeness (QED) is 0.406. The lowest BCUT2D eigenvalue weighted by Gasteiger charge is -2.21. The first-order valence-corrected chi connectivity index (χ1v) is 9.00. The molecule has 0 radical (unpaired) electrons. The molecule has 0 aliphatic heterocycles. The molecule has 10 nitrogen and oxygen atoms in total. The molecule has 150 valence electrons. The molecule has 2 amide bonds. The Hall–Kier alpha value is -2.69. The second-order valence-corrected chi connectivity index (χ2v) is 7.10. The van der Waals surface area contributed by atoms with Crippen molar-refractivity contribution in [2.24, 2.45) is 5.16 Å². The maximum Gasteiger partial charge on any atom is 0.408 e. The zero-order valence-electron chi connectivity index (χ0n) is 16.1. The van der Waals surface area contributed by atoms with Crippen molar-refractivity contribution < 1.29 is 28.7 Å². The van der Waals surface area contributed by atoms with Crippen molar-refractivity contribution in [3.8, 4) is 0 Å². The number of nitrogens with one attached hydrogen (secondary N) is 2. The molecule has 2 N–H and O–H groups in total. The van der Waals surface area contributed by atoms with Gasteiger partial charge in [-0.3, -0.25) is 4.79 Å². The van der Waals surface area contributed by atoms with Crippen LogP contribution in [0.25, 0.3) is 0 Å². The second-order valence-electron chi connectivity index (χ2n) is 6.24. The maximum atomic E-state index is 12.2. The third kappa shape index (κ3) is 7.60. The number of rotatable bonds is 7. The average molecular weight is 400 g/mol. The molecule has 0 aliphatic rings. The largest absolute Gasteiger partial charge is 0.464 e. The van der Waals surface area contributed by atoms with Gasteiger partial charge in [0.05, 0.1) is 7.11 Å². The Labute approximate surface area is 161 Å². The van der Waals surface area contributed by atoms with Crippen LogP contribution in [0.5, 0.6) is 0 Å². The number of methoxy groups -OCH3 is 1. The molecule has 0 aliphatic carbocycles. The van der Waals surface area contributed by atoms with Crippen LogP contribution in [0, 0.1) is 0 Å².